The van der Waals surface area contributed by atoms with Gasteiger partial charge in [-0.05, 0) is 24.1 Å². The van der Waals surface area contributed by atoms with Gasteiger partial charge in [-0.25, -0.2) is 9.78 Å². The molecule has 4 rings (SSSR count). The second-order valence-corrected chi connectivity index (χ2v) is 7.00. The van der Waals surface area contributed by atoms with Crippen molar-refractivity contribution in [2.24, 2.45) is 0 Å². The number of methoxy groups -OCH3 is 1. The molecule has 0 fully saturated rings. The number of benzene rings is 1. The van der Waals surface area contributed by atoms with Crippen molar-refractivity contribution in [3.8, 4) is 16.5 Å². The van der Waals surface area contributed by atoms with Crippen LogP contribution in [0.4, 0.5) is 29.5 Å². The molecule has 1 aromatic carbocycles. The molecule has 29 heavy (non-hydrogen) atoms. The molecule has 1 aliphatic heterocycles. The molecule has 0 unspecified atom stereocenters. The van der Waals surface area contributed by atoms with E-state index in [0.717, 1.165) is 6.07 Å². The van der Waals surface area contributed by atoms with Crippen LogP contribution in [0.5, 0.6) is 5.75 Å². The van der Waals surface area contributed by atoms with Crippen LogP contribution < -0.4 is 15.0 Å². The number of urea groups is 1. The van der Waals surface area contributed by atoms with Crippen molar-refractivity contribution in [1.29, 1.82) is 0 Å². The number of thiazole rings is 1. The van der Waals surface area contributed by atoms with E-state index >= 15 is 0 Å². The molecule has 1 aliphatic rings. The number of hydrogen-bond acceptors (Lipinski definition) is 6. The smallest absolute Gasteiger partial charge is 0.420 e. The van der Waals surface area contributed by atoms with Gasteiger partial charge in [-0.3, -0.25) is 20.2 Å². The minimum Gasteiger partial charge on any atom is -0.496 e. The van der Waals surface area contributed by atoms with Crippen LogP contribution in [0, 0.1) is 0 Å². The number of hydrogen-bond donors (Lipinski definition) is 1. The molecule has 0 saturated heterocycles. The van der Waals surface area contributed by atoms with E-state index < -0.39 is 17.8 Å². The van der Waals surface area contributed by atoms with Crippen LogP contribution in [-0.4, -0.2) is 34.6 Å². The summed E-state index contributed by atoms with van der Waals surface area (Å²) in [6.07, 6.45) is 0.454. The number of fused-ring (bicyclic) bond motifs is 1. The Kier molecular flexibility index (Phi) is 4.82. The van der Waals surface area contributed by atoms with Gasteiger partial charge in [-0.15, -0.1) is 11.3 Å². The molecule has 0 spiro atoms. The van der Waals surface area contributed by atoms with Crippen LogP contribution in [0.25, 0.3) is 10.7 Å². The van der Waals surface area contributed by atoms with Crippen LogP contribution in [0.2, 0.25) is 0 Å². The maximum absolute atomic E-state index is 13.3. The highest BCUT2D eigenvalue weighted by molar-refractivity contribution is 7.13. The molecule has 0 aliphatic carbocycles. The fourth-order valence-corrected chi connectivity index (χ4v) is 3.76. The maximum atomic E-state index is 13.3. The summed E-state index contributed by atoms with van der Waals surface area (Å²) in [6, 6.07) is 1.73. The Morgan fingerprint density at radius 2 is 2.14 bits per heavy atom. The van der Waals surface area contributed by atoms with Gasteiger partial charge in [-0.1, -0.05) is 0 Å². The minimum absolute atomic E-state index is 0.208. The summed E-state index contributed by atoms with van der Waals surface area (Å²) in [5.74, 6) is 0.0327. The second kappa shape index (κ2) is 7.32. The van der Waals surface area contributed by atoms with E-state index in [1.165, 1.54) is 41.8 Å². The van der Waals surface area contributed by atoms with Gasteiger partial charge in [0.15, 0.2) is 0 Å². The first kappa shape index (κ1) is 19.1. The van der Waals surface area contributed by atoms with Crippen LogP contribution in [0.15, 0.2) is 36.1 Å². The molecule has 0 saturated carbocycles. The number of carbonyl (C=O) groups excluding carboxylic acids is 1. The molecule has 1 N–H and O–H groups in total. The SMILES string of the molecule is COc1cc2c(cc1C(F)(F)F)N(C(=O)Nc1csc(-c3cnccn3)n1)CC2. The fraction of sp³-hybridized carbons (Fsp3) is 0.222. The van der Waals surface area contributed by atoms with Crippen LogP contribution in [0.1, 0.15) is 11.1 Å². The summed E-state index contributed by atoms with van der Waals surface area (Å²) < 4.78 is 44.8. The van der Waals surface area contributed by atoms with Gasteiger partial charge < -0.3 is 4.74 Å². The first-order valence-electron chi connectivity index (χ1n) is 8.45. The summed E-state index contributed by atoms with van der Waals surface area (Å²) in [5, 5.41) is 4.83. The van der Waals surface area contributed by atoms with Gasteiger partial charge >= 0.3 is 12.2 Å². The van der Waals surface area contributed by atoms with Gasteiger partial charge in [0.1, 0.15) is 22.3 Å². The molecular formula is C18H14F3N5O2S. The van der Waals surface area contributed by atoms with E-state index in [2.05, 4.69) is 20.3 Å². The monoisotopic (exact) mass is 421 g/mol. The Labute approximate surface area is 167 Å². The van der Waals surface area contributed by atoms with Crippen molar-refractivity contribution >= 4 is 28.9 Å². The van der Waals surface area contributed by atoms with E-state index in [1.54, 1.807) is 11.6 Å². The average Bonchev–Trinajstić information content (AvgIpc) is 3.33. The molecular weight excluding hydrogens is 407 g/mol. The number of rotatable bonds is 3. The molecule has 150 valence electrons. The number of nitrogens with one attached hydrogen (secondary N) is 1. The molecule has 2 aromatic heterocycles. The largest absolute Gasteiger partial charge is 0.496 e. The van der Waals surface area contributed by atoms with Gasteiger partial charge in [0.05, 0.1) is 18.9 Å². The number of nitrogens with zero attached hydrogens (tertiary/aromatic N) is 4. The average molecular weight is 421 g/mol. The maximum Gasteiger partial charge on any atom is 0.420 e. The summed E-state index contributed by atoms with van der Waals surface area (Å²) in [5.41, 5.74) is 0.465. The summed E-state index contributed by atoms with van der Waals surface area (Å²) in [7, 11) is 1.19. The Morgan fingerprint density at radius 3 is 2.83 bits per heavy atom. The molecule has 11 heteroatoms. The number of alkyl halides is 3. The van der Waals surface area contributed by atoms with Gasteiger partial charge in [0.2, 0.25) is 0 Å². The van der Waals surface area contributed by atoms with E-state index in [1.807, 2.05) is 0 Å². The van der Waals surface area contributed by atoms with Crippen LogP contribution in [0.3, 0.4) is 0 Å². The third-order valence-corrected chi connectivity index (χ3v) is 5.23. The van der Waals surface area contributed by atoms with Crippen molar-refractivity contribution in [2.75, 3.05) is 23.9 Å². The van der Waals surface area contributed by atoms with Crippen molar-refractivity contribution < 1.29 is 22.7 Å². The molecule has 2 amide bonds. The number of aromatic nitrogens is 3. The molecule has 0 radical (unpaired) electrons. The predicted molar refractivity (Wildman–Crippen MR) is 101 cm³/mol. The lowest BCUT2D eigenvalue weighted by molar-refractivity contribution is -0.138. The Morgan fingerprint density at radius 1 is 1.31 bits per heavy atom. The van der Waals surface area contributed by atoms with Crippen molar-refractivity contribution in [1.82, 2.24) is 15.0 Å². The number of halogens is 3. The van der Waals surface area contributed by atoms with E-state index in [0.29, 0.717) is 28.5 Å². The molecule has 0 atom stereocenters. The Bertz CT molecular complexity index is 1060. The number of anilines is 2. The van der Waals surface area contributed by atoms with Crippen LogP contribution in [-0.2, 0) is 12.6 Å². The topological polar surface area (TPSA) is 80.2 Å². The minimum atomic E-state index is -4.59. The van der Waals surface area contributed by atoms with Gasteiger partial charge in [0, 0.05) is 30.0 Å². The van der Waals surface area contributed by atoms with E-state index in [4.69, 9.17) is 4.74 Å². The first-order chi connectivity index (χ1) is 13.9. The molecule has 3 heterocycles. The third-order valence-electron chi connectivity index (χ3n) is 4.37. The highest BCUT2D eigenvalue weighted by Crippen LogP contribution is 2.42. The Hall–Kier alpha value is -3.21. The number of ether oxygens (including phenoxy) is 1. The normalized spacial score (nSPS) is 13.3. The van der Waals surface area contributed by atoms with Gasteiger partial charge in [0.25, 0.3) is 0 Å². The highest BCUT2D eigenvalue weighted by Gasteiger charge is 2.37. The zero-order chi connectivity index (χ0) is 20.6. The third kappa shape index (κ3) is 3.73. The second-order valence-electron chi connectivity index (χ2n) is 6.14. The predicted octanol–water partition coefficient (Wildman–Crippen LogP) is 4.22. The summed E-state index contributed by atoms with van der Waals surface area (Å²) in [4.78, 5) is 26.3. The molecule has 0 bridgehead atoms. The zero-order valence-electron chi connectivity index (χ0n) is 15.0. The van der Waals surface area contributed by atoms with E-state index in [-0.39, 0.29) is 18.0 Å². The van der Waals surface area contributed by atoms with Gasteiger partial charge in [-0.2, -0.15) is 13.2 Å². The fourth-order valence-electron chi connectivity index (χ4n) is 3.05. The highest BCUT2D eigenvalue weighted by atomic mass is 32.1. The standard InChI is InChI=1S/C18H14F3N5O2S/c1-28-14-6-10-2-5-26(13(10)7-11(14)18(19,20)21)17(27)25-15-9-29-16(24-15)12-8-22-3-4-23-12/h3-4,6-9H,2,5H2,1H3,(H,25,27). The van der Waals surface area contributed by atoms with Crippen molar-refractivity contribution in [3.05, 3.63) is 47.2 Å². The number of amides is 2. The number of carbonyl (C=O) groups is 1. The Balaban J connectivity index is 1.57. The van der Waals surface area contributed by atoms with Crippen molar-refractivity contribution in [2.45, 2.75) is 12.6 Å². The zero-order valence-corrected chi connectivity index (χ0v) is 15.8. The van der Waals surface area contributed by atoms with E-state index in [9.17, 15) is 18.0 Å². The summed E-state index contributed by atoms with van der Waals surface area (Å²) >= 11 is 1.27. The lowest BCUT2D eigenvalue weighted by Crippen LogP contribution is -2.33. The van der Waals surface area contributed by atoms with Crippen LogP contribution >= 0.6 is 11.3 Å². The van der Waals surface area contributed by atoms with Crippen molar-refractivity contribution in [3.63, 3.8) is 0 Å². The quantitative estimate of drug-likeness (QED) is 0.685. The molecule has 7 nitrogen and oxygen atoms in total. The summed E-state index contributed by atoms with van der Waals surface area (Å²) in [6.45, 7) is 0.257. The lowest BCUT2D eigenvalue weighted by Gasteiger charge is -2.20. The lowest BCUT2D eigenvalue weighted by atomic mass is 10.1. The molecule has 3 aromatic rings. The first-order valence-corrected chi connectivity index (χ1v) is 9.33.